The molecule has 5 heteroatoms. The Hall–Kier alpha value is -2.33. The quantitative estimate of drug-likeness (QED) is 0.510. The molecule has 4 nitrogen and oxygen atoms in total. The highest BCUT2D eigenvalue weighted by molar-refractivity contribution is 6.32. The topological polar surface area (TPSA) is 61.0 Å². The van der Waals surface area contributed by atoms with E-state index in [4.69, 9.17) is 22.1 Å². The molecule has 3 aromatic rings. The molecule has 136 valence electrons. The minimum atomic E-state index is 0.357. The zero-order chi connectivity index (χ0) is 18.2. The summed E-state index contributed by atoms with van der Waals surface area (Å²) >= 11 is 6.07. The first kappa shape index (κ1) is 18.5. The molecule has 1 aromatic heterocycles. The molecule has 2 aromatic carbocycles. The fourth-order valence-electron chi connectivity index (χ4n) is 3.02. The summed E-state index contributed by atoms with van der Waals surface area (Å²) in [6, 6.07) is 15.6. The lowest BCUT2D eigenvalue weighted by Gasteiger charge is -2.08. The molecule has 26 heavy (non-hydrogen) atoms. The van der Waals surface area contributed by atoms with Gasteiger partial charge in [-0.25, -0.2) is 9.97 Å². The van der Waals surface area contributed by atoms with Crippen LogP contribution in [0.15, 0.2) is 48.5 Å². The van der Waals surface area contributed by atoms with Crippen LogP contribution in [0.5, 0.6) is 5.75 Å². The van der Waals surface area contributed by atoms with Crippen LogP contribution in [0.4, 0.5) is 5.95 Å². The van der Waals surface area contributed by atoms with E-state index >= 15 is 0 Å². The van der Waals surface area contributed by atoms with E-state index in [0.717, 1.165) is 48.0 Å². The van der Waals surface area contributed by atoms with Crippen molar-refractivity contribution in [2.75, 3.05) is 12.3 Å². The number of benzene rings is 2. The van der Waals surface area contributed by atoms with E-state index < -0.39 is 0 Å². The molecule has 3 rings (SSSR count). The van der Waals surface area contributed by atoms with E-state index in [1.54, 1.807) is 0 Å². The number of para-hydroxylation sites is 2. The van der Waals surface area contributed by atoms with Gasteiger partial charge in [-0.15, -0.1) is 0 Å². The van der Waals surface area contributed by atoms with Crippen LogP contribution < -0.4 is 10.5 Å². The SMILES string of the molecule is Nc1nc(CCCCCCCOc2ccccc2Cl)c2ccccc2n1. The van der Waals surface area contributed by atoms with Gasteiger partial charge >= 0.3 is 0 Å². The molecule has 0 saturated carbocycles. The second kappa shape index (κ2) is 9.39. The average Bonchev–Trinajstić information content (AvgIpc) is 2.65. The number of anilines is 1. The van der Waals surface area contributed by atoms with Crippen LogP contribution in [0.1, 0.15) is 37.8 Å². The van der Waals surface area contributed by atoms with Crippen LogP contribution in [0.25, 0.3) is 10.9 Å². The zero-order valence-corrected chi connectivity index (χ0v) is 15.6. The molecular formula is C21H24ClN3O. The molecule has 0 saturated heterocycles. The Morgan fingerprint density at radius 3 is 2.46 bits per heavy atom. The number of halogens is 1. The molecule has 0 spiro atoms. The van der Waals surface area contributed by atoms with Crippen LogP contribution in [0.3, 0.4) is 0 Å². The Morgan fingerprint density at radius 1 is 0.846 bits per heavy atom. The number of hydrogen-bond acceptors (Lipinski definition) is 4. The largest absolute Gasteiger partial charge is 0.492 e. The molecule has 0 atom stereocenters. The molecule has 0 aliphatic rings. The number of nitrogens with zero attached hydrogens (tertiary/aromatic N) is 2. The lowest BCUT2D eigenvalue weighted by Crippen LogP contribution is -2.01. The van der Waals surface area contributed by atoms with Crippen molar-refractivity contribution < 1.29 is 4.74 Å². The van der Waals surface area contributed by atoms with E-state index in [9.17, 15) is 0 Å². The molecule has 0 fully saturated rings. The van der Waals surface area contributed by atoms with Gasteiger partial charge in [0.25, 0.3) is 0 Å². The number of unbranched alkanes of at least 4 members (excludes halogenated alkanes) is 4. The summed E-state index contributed by atoms with van der Waals surface area (Å²) in [5.41, 5.74) is 7.80. The molecule has 0 amide bonds. The summed E-state index contributed by atoms with van der Waals surface area (Å²) in [5, 5.41) is 1.78. The number of rotatable bonds is 9. The van der Waals surface area contributed by atoms with Gasteiger partial charge in [-0.05, 0) is 37.5 Å². The highest BCUT2D eigenvalue weighted by Crippen LogP contribution is 2.23. The monoisotopic (exact) mass is 369 g/mol. The van der Waals surface area contributed by atoms with E-state index in [1.165, 1.54) is 12.8 Å². The van der Waals surface area contributed by atoms with Crippen molar-refractivity contribution in [3.05, 3.63) is 59.2 Å². The molecule has 2 N–H and O–H groups in total. The normalized spacial score (nSPS) is 11.0. The van der Waals surface area contributed by atoms with Gasteiger partial charge in [-0.1, -0.05) is 61.2 Å². The molecule has 0 unspecified atom stereocenters. The molecule has 1 heterocycles. The van der Waals surface area contributed by atoms with E-state index in [0.29, 0.717) is 17.6 Å². The first-order valence-corrected chi connectivity index (χ1v) is 9.50. The second-order valence-corrected chi connectivity index (χ2v) is 6.75. The maximum atomic E-state index is 6.07. The lowest BCUT2D eigenvalue weighted by molar-refractivity contribution is 0.304. The Balaban J connectivity index is 1.36. The third-order valence-corrected chi connectivity index (χ3v) is 4.66. The predicted molar refractivity (Wildman–Crippen MR) is 108 cm³/mol. The van der Waals surface area contributed by atoms with E-state index in [1.807, 2.05) is 42.5 Å². The summed E-state index contributed by atoms with van der Waals surface area (Å²) < 4.78 is 5.71. The van der Waals surface area contributed by atoms with Gasteiger partial charge in [0.1, 0.15) is 5.75 Å². The van der Waals surface area contributed by atoms with Crippen molar-refractivity contribution in [2.24, 2.45) is 0 Å². The first-order chi connectivity index (χ1) is 12.7. The van der Waals surface area contributed by atoms with Crippen LogP contribution in [0, 0.1) is 0 Å². The van der Waals surface area contributed by atoms with Crippen molar-refractivity contribution >= 4 is 28.5 Å². The zero-order valence-electron chi connectivity index (χ0n) is 14.8. The maximum absolute atomic E-state index is 6.07. The predicted octanol–water partition coefficient (Wildman–Crippen LogP) is 5.44. The van der Waals surface area contributed by atoms with Gasteiger partial charge in [0, 0.05) is 5.39 Å². The summed E-state index contributed by atoms with van der Waals surface area (Å²) in [4.78, 5) is 8.71. The Labute approximate surface area is 159 Å². The fourth-order valence-corrected chi connectivity index (χ4v) is 3.21. The molecule has 0 bridgehead atoms. The number of nitrogen functional groups attached to an aromatic ring is 1. The van der Waals surface area contributed by atoms with Crippen LogP contribution in [-0.2, 0) is 6.42 Å². The molecular weight excluding hydrogens is 346 g/mol. The third-order valence-electron chi connectivity index (χ3n) is 4.35. The Kier molecular flexibility index (Phi) is 6.67. The van der Waals surface area contributed by atoms with Gasteiger partial charge < -0.3 is 10.5 Å². The van der Waals surface area contributed by atoms with Gasteiger partial charge in [0.2, 0.25) is 5.95 Å². The summed E-state index contributed by atoms with van der Waals surface area (Å²) in [6.45, 7) is 0.705. The van der Waals surface area contributed by atoms with Crippen LogP contribution in [0.2, 0.25) is 5.02 Å². The van der Waals surface area contributed by atoms with Crippen molar-refractivity contribution in [1.29, 1.82) is 0 Å². The first-order valence-electron chi connectivity index (χ1n) is 9.12. The molecule has 0 radical (unpaired) electrons. The van der Waals surface area contributed by atoms with E-state index in [2.05, 4.69) is 16.0 Å². The highest BCUT2D eigenvalue weighted by atomic mass is 35.5. The molecule has 0 aliphatic heterocycles. The van der Waals surface area contributed by atoms with Crippen LogP contribution in [-0.4, -0.2) is 16.6 Å². The second-order valence-electron chi connectivity index (χ2n) is 6.34. The van der Waals surface area contributed by atoms with Gasteiger partial charge in [-0.2, -0.15) is 0 Å². The standard InChI is InChI=1S/C21H24ClN3O/c22-17-11-6-8-14-20(17)26-15-9-3-1-2-4-12-18-16-10-5-7-13-19(16)25-21(23)24-18/h5-8,10-11,13-14H,1-4,9,12,15H2,(H2,23,24,25). The average molecular weight is 370 g/mol. The maximum Gasteiger partial charge on any atom is 0.220 e. The van der Waals surface area contributed by atoms with Crippen LogP contribution >= 0.6 is 11.6 Å². The van der Waals surface area contributed by atoms with Gasteiger partial charge in [-0.3, -0.25) is 0 Å². The third kappa shape index (κ3) is 5.09. The van der Waals surface area contributed by atoms with Crippen molar-refractivity contribution in [2.45, 2.75) is 38.5 Å². The highest BCUT2D eigenvalue weighted by Gasteiger charge is 2.05. The minimum Gasteiger partial charge on any atom is -0.492 e. The van der Waals surface area contributed by atoms with Crippen molar-refractivity contribution in [3.63, 3.8) is 0 Å². The Morgan fingerprint density at radius 2 is 1.58 bits per heavy atom. The van der Waals surface area contributed by atoms with Crippen molar-refractivity contribution in [1.82, 2.24) is 9.97 Å². The van der Waals surface area contributed by atoms with E-state index in [-0.39, 0.29) is 0 Å². The number of nitrogens with two attached hydrogens (primary N) is 1. The lowest BCUT2D eigenvalue weighted by atomic mass is 10.1. The van der Waals surface area contributed by atoms with Gasteiger partial charge in [0.05, 0.1) is 22.8 Å². The number of aromatic nitrogens is 2. The smallest absolute Gasteiger partial charge is 0.220 e. The number of aryl methyl sites for hydroxylation is 1. The number of ether oxygens (including phenoxy) is 1. The Bertz CT molecular complexity index is 854. The summed E-state index contributed by atoms with van der Waals surface area (Å²) in [6.07, 6.45) is 6.58. The van der Waals surface area contributed by atoms with Gasteiger partial charge in [0.15, 0.2) is 0 Å². The summed E-state index contributed by atoms with van der Waals surface area (Å²) in [5.74, 6) is 1.12. The summed E-state index contributed by atoms with van der Waals surface area (Å²) in [7, 11) is 0. The van der Waals surface area contributed by atoms with Crippen molar-refractivity contribution in [3.8, 4) is 5.75 Å². The fraction of sp³-hybridized carbons (Fsp3) is 0.333. The number of fused-ring (bicyclic) bond motifs is 1. The minimum absolute atomic E-state index is 0.357. The molecule has 0 aliphatic carbocycles. The number of hydrogen-bond donors (Lipinski definition) is 1.